The molecule has 0 fully saturated rings. The third-order valence-electron chi connectivity index (χ3n) is 2.26. The van der Waals surface area contributed by atoms with E-state index >= 15 is 0 Å². The van der Waals surface area contributed by atoms with E-state index in [9.17, 15) is 0 Å². The molecule has 0 atom stereocenters. The van der Waals surface area contributed by atoms with Gasteiger partial charge in [0.2, 0.25) is 0 Å². The van der Waals surface area contributed by atoms with E-state index in [0.29, 0.717) is 0 Å². The van der Waals surface area contributed by atoms with Crippen molar-refractivity contribution in [1.29, 1.82) is 0 Å². The van der Waals surface area contributed by atoms with E-state index in [1.807, 2.05) is 12.3 Å². The summed E-state index contributed by atoms with van der Waals surface area (Å²) in [5.41, 5.74) is 8.37. The number of nitrogen functional groups attached to an aromatic ring is 1. The minimum absolute atomic E-state index is 0.797. The van der Waals surface area contributed by atoms with E-state index in [0.717, 1.165) is 18.7 Å². The first-order chi connectivity index (χ1) is 6.29. The van der Waals surface area contributed by atoms with E-state index < -0.39 is 0 Å². The number of nitrogens with two attached hydrogens (primary N) is 1. The van der Waals surface area contributed by atoms with Crippen molar-refractivity contribution in [2.75, 3.05) is 5.73 Å². The van der Waals surface area contributed by atoms with Crippen LogP contribution in [0, 0.1) is 0 Å². The first-order valence-electron chi connectivity index (χ1n) is 4.85. The van der Waals surface area contributed by atoms with E-state index in [1.165, 1.54) is 24.0 Å². The molecular formula is C11H18N2. The summed E-state index contributed by atoms with van der Waals surface area (Å²) in [6, 6.07) is 0. The number of unbranched alkanes of at least 4 members (excludes halogenated alkanes) is 1. The molecule has 0 aliphatic rings. The maximum atomic E-state index is 5.80. The zero-order chi connectivity index (χ0) is 9.68. The van der Waals surface area contributed by atoms with Gasteiger partial charge in [0.15, 0.2) is 0 Å². The highest BCUT2D eigenvalue weighted by molar-refractivity contribution is 5.46. The molecular weight excluding hydrogens is 160 g/mol. The van der Waals surface area contributed by atoms with Crippen LogP contribution in [-0.4, -0.2) is 4.98 Å². The summed E-state index contributed by atoms with van der Waals surface area (Å²) < 4.78 is 0. The van der Waals surface area contributed by atoms with E-state index in [-0.39, 0.29) is 0 Å². The van der Waals surface area contributed by atoms with Gasteiger partial charge >= 0.3 is 0 Å². The molecule has 0 aliphatic heterocycles. The Morgan fingerprint density at radius 1 is 1.62 bits per heavy atom. The standard InChI is InChI=1S/C11H18N2/c1-3-5-7-9-8-13-11(12)10(9)6-4-2/h4,8,13H,2-3,5-7,12H2,1H3. The Balaban J connectivity index is 2.74. The Bertz CT molecular complexity index is 274. The number of hydrogen-bond acceptors (Lipinski definition) is 1. The van der Waals surface area contributed by atoms with Crippen molar-refractivity contribution in [2.45, 2.75) is 32.6 Å². The van der Waals surface area contributed by atoms with Gasteiger partial charge in [0.25, 0.3) is 0 Å². The van der Waals surface area contributed by atoms with Crippen LogP contribution in [0.25, 0.3) is 0 Å². The van der Waals surface area contributed by atoms with Gasteiger partial charge in [-0.25, -0.2) is 0 Å². The van der Waals surface area contributed by atoms with Crippen molar-refractivity contribution in [3.05, 3.63) is 30.0 Å². The highest BCUT2D eigenvalue weighted by atomic mass is 14.8. The summed E-state index contributed by atoms with van der Waals surface area (Å²) >= 11 is 0. The van der Waals surface area contributed by atoms with Gasteiger partial charge in [0.1, 0.15) is 5.82 Å². The second kappa shape index (κ2) is 4.75. The third kappa shape index (κ3) is 2.38. The number of aromatic nitrogens is 1. The molecule has 2 heteroatoms. The molecule has 0 unspecified atom stereocenters. The summed E-state index contributed by atoms with van der Waals surface area (Å²) in [5.74, 6) is 0.797. The Labute approximate surface area is 79.8 Å². The SMILES string of the molecule is C=CCc1c(CCCC)c[nH]c1N. The van der Waals surface area contributed by atoms with Crippen molar-refractivity contribution in [1.82, 2.24) is 4.98 Å². The van der Waals surface area contributed by atoms with E-state index in [4.69, 9.17) is 5.73 Å². The Morgan fingerprint density at radius 3 is 3.00 bits per heavy atom. The molecule has 0 radical (unpaired) electrons. The van der Waals surface area contributed by atoms with Crippen molar-refractivity contribution >= 4 is 5.82 Å². The molecule has 0 aliphatic carbocycles. The van der Waals surface area contributed by atoms with Gasteiger partial charge in [0, 0.05) is 11.8 Å². The van der Waals surface area contributed by atoms with Crippen LogP contribution in [0.5, 0.6) is 0 Å². The zero-order valence-electron chi connectivity index (χ0n) is 8.27. The fraction of sp³-hybridized carbons (Fsp3) is 0.455. The Hall–Kier alpha value is -1.18. The summed E-state index contributed by atoms with van der Waals surface area (Å²) in [6.45, 7) is 5.93. The van der Waals surface area contributed by atoms with Gasteiger partial charge in [-0.3, -0.25) is 0 Å². The largest absolute Gasteiger partial charge is 0.385 e. The first-order valence-corrected chi connectivity index (χ1v) is 4.85. The van der Waals surface area contributed by atoms with E-state index in [1.54, 1.807) is 0 Å². The molecule has 0 saturated carbocycles. The highest BCUT2D eigenvalue weighted by Gasteiger charge is 2.06. The summed E-state index contributed by atoms with van der Waals surface area (Å²) in [6.07, 6.45) is 8.35. The smallest absolute Gasteiger partial charge is 0.104 e. The van der Waals surface area contributed by atoms with Crippen molar-refractivity contribution in [3.63, 3.8) is 0 Å². The number of aryl methyl sites for hydroxylation is 1. The predicted molar refractivity (Wildman–Crippen MR) is 57.7 cm³/mol. The maximum absolute atomic E-state index is 5.80. The van der Waals surface area contributed by atoms with Crippen LogP contribution in [0.15, 0.2) is 18.9 Å². The number of allylic oxidation sites excluding steroid dienone is 1. The van der Waals surface area contributed by atoms with Crippen LogP contribution in [-0.2, 0) is 12.8 Å². The average Bonchev–Trinajstić information content (AvgIpc) is 2.46. The van der Waals surface area contributed by atoms with Gasteiger partial charge in [-0.1, -0.05) is 19.4 Å². The second-order valence-corrected chi connectivity index (χ2v) is 3.30. The molecule has 1 aromatic heterocycles. The fourth-order valence-electron chi connectivity index (χ4n) is 1.49. The molecule has 1 rings (SSSR count). The average molecular weight is 178 g/mol. The van der Waals surface area contributed by atoms with Gasteiger partial charge in [-0.2, -0.15) is 0 Å². The number of hydrogen-bond donors (Lipinski definition) is 2. The number of nitrogens with one attached hydrogen (secondary N) is 1. The lowest BCUT2D eigenvalue weighted by Gasteiger charge is -2.00. The van der Waals surface area contributed by atoms with Gasteiger partial charge in [0.05, 0.1) is 0 Å². The fourth-order valence-corrected chi connectivity index (χ4v) is 1.49. The minimum atomic E-state index is 0.797. The third-order valence-corrected chi connectivity index (χ3v) is 2.26. The molecule has 2 nitrogen and oxygen atoms in total. The molecule has 0 spiro atoms. The molecule has 1 aromatic rings. The van der Waals surface area contributed by atoms with Crippen LogP contribution >= 0.6 is 0 Å². The maximum Gasteiger partial charge on any atom is 0.104 e. The number of anilines is 1. The molecule has 72 valence electrons. The molecule has 0 saturated heterocycles. The number of rotatable bonds is 5. The molecule has 0 bridgehead atoms. The zero-order valence-corrected chi connectivity index (χ0v) is 8.27. The molecule has 13 heavy (non-hydrogen) atoms. The summed E-state index contributed by atoms with van der Waals surface area (Å²) in [4.78, 5) is 3.06. The lowest BCUT2D eigenvalue weighted by Crippen LogP contribution is -1.93. The molecule has 0 amide bonds. The van der Waals surface area contributed by atoms with Gasteiger partial charge < -0.3 is 10.7 Å². The monoisotopic (exact) mass is 178 g/mol. The predicted octanol–water partition coefficient (Wildman–Crippen LogP) is 2.67. The van der Waals surface area contributed by atoms with Crippen LogP contribution in [0.2, 0.25) is 0 Å². The highest BCUT2D eigenvalue weighted by Crippen LogP contribution is 2.19. The molecule has 1 heterocycles. The van der Waals surface area contributed by atoms with Gasteiger partial charge in [-0.05, 0) is 24.8 Å². The lowest BCUT2D eigenvalue weighted by molar-refractivity contribution is 0.791. The lowest BCUT2D eigenvalue weighted by atomic mass is 10.0. The summed E-state index contributed by atoms with van der Waals surface area (Å²) in [5, 5.41) is 0. The van der Waals surface area contributed by atoms with E-state index in [2.05, 4.69) is 18.5 Å². The van der Waals surface area contributed by atoms with Crippen molar-refractivity contribution in [3.8, 4) is 0 Å². The number of H-pyrrole nitrogens is 1. The van der Waals surface area contributed by atoms with Crippen LogP contribution in [0.4, 0.5) is 5.82 Å². The topological polar surface area (TPSA) is 41.8 Å². The normalized spacial score (nSPS) is 10.2. The first kappa shape index (κ1) is 9.90. The molecule has 3 N–H and O–H groups in total. The molecule has 0 aromatic carbocycles. The van der Waals surface area contributed by atoms with Crippen LogP contribution in [0.1, 0.15) is 30.9 Å². The summed E-state index contributed by atoms with van der Waals surface area (Å²) in [7, 11) is 0. The van der Waals surface area contributed by atoms with Crippen molar-refractivity contribution in [2.24, 2.45) is 0 Å². The Morgan fingerprint density at radius 2 is 2.38 bits per heavy atom. The van der Waals surface area contributed by atoms with Crippen LogP contribution in [0.3, 0.4) is 0 Å². The van der Waals surface area contributed by atoms with Crippen molar-refractivity contribution < 1.29 is 0 Å². The number of aromatic amines is 1. The quantitative estimate of drug-likeness (QED) is 0.669. The van der Waals surface area contributed by atoms with Gasteiger partial charge in [-0.15, -0.1) is 6.58 Å². The minimum Gasteiger partial charge on any atom is -0.385 e. The second-order valence-electron chi connectivity index (χ2n) is 3.30. The Kier molecular flexibility index (Phi) is 3.62. The van der Waals surface area contributed by atoms with Crippen LogP contribution < -0.4 is 5.73 Å².